The first kappa shape index (κ1) is 17.9. The van der Waals surface area contributed by atoms with E-state index < -0.39 is 21.8 Å². The summed E-state index contributed by atoms with van der Waals surface area (Å²) < 4.78 is 23.7. The van der Waals surface area contributed by atoms with E-state index in [1.54, 1.807) is 24.3 Å². The molecule has 2 unspecified atom stereocenters. The standard InChI is InChI=1S/C16H24N2O4S/c1-17(2)9-10-18(14-8-11-23(21,22)12-14)15(16(19)20)13-6-4-3-5-7-13/h3-7,14-15H,8-12H2,1-2H3,(H,19,20). The normalized spacial score (nSPS) is 21.7. The average molecular weight is 340 g/mol. The first-order valence-corrected chi connectivity index (χ1v) is 9.51. The molecule has 0 aromatic heterocycles. The van der Waals surface area contributed by atoms with Gasteiger partial charge in [0.05, 0.1) is 11.5 Å². The zero-order valence-electron chi connectivity index (χ0n) is 13.6. The van der Waals surface area contributed by atoms with E-state index in [1.807, 2.05) is 30.0 Å². The van der Waals surface area contributed by atoms with Crippen molar-refractivity contribution in [3.05, 3.63) is 35.9 Å². The van der Waals surface area contributed by atoms with E-state index in [1.165, 1.54) is 0 Å². The van der Waals surface area contributed by atoms with Gasteiger partial charge in [-0.15, -0.1) is 0 Å². The lowest BCUT2D eigenvalue weighted by Gasteiger charge is -2.34. The molecule has 0 spiro atoms. The molecule has 1 saturated heterocycles. The minimum absolute atomic E-state index is 0.0387. The number of likely N-dealkylation sites (N-methyl/N-ethyl adjacent to an activating group) is 1. The summed E-state index contributed by atoms with van der Waals surface area (Å²) in [5, 5.41) is 9.75. The maximum atomic E-state index is 11.9. The Kier molecular flexibility index (Phi) is 5.78. The smallest absolute Gasteiger partial charge is 0.325 e. The SMILES string of the molecule is CN(C)CCN(C1CCS(=O)(=O)C1)C(C(=O)O)c1ccccc1. The lowest BCUT2D eigenvalue weighted by molar-refractivity contribution is -0.144. The lowest BCUT2D eigenvalue weighted by Crippen LogP contribution is -2.45. The van der Waals surface area contributed by atoms with Crippen molar-refractivity contribution in [1.82, 2.24) is 9.80 Å². The van der Waals surface area contributed by atoms with Crippen LogP contribution in [0, 0.1) is 0 Å². The second kappa shape index (κ2) is 7.42. The van der Waals surface area contributed by atoms with Gasteiger partial charge in [0.15, 0.2) is 9.84 Å². The van der Waals surface area contributed by atoms with E-state index in [9.17, 15) is 18.3 Å². The maximum Gasteiger partial charge on any atom is 0.325 e. The van der Waals surface area contributed by atoms with Crippen LogP contribution in [0.2, 0.25) is 0 Å². The molecule has 1 heterocycles. The summed E-state index contributed by atoms with van der Waals surface area (Å²) in [7, 11) is 0.768. The molecule has 1 aliphatic rings. The van der Waals surface area contributed by atoms with Crippen LogP contribution in [0.1, 0.15) is 18.0 Å². The van der Waals surface area contributed by atoms with Gasteiger partial charge in [0.1, 0.15) is 6.04 Å². The predicted molar refractivity (Wildman–Crippen MR) is 89.1 cm³/mol. The summed E-state index contributed by atoms with van der Waals surface area (Å²) in [5.74, 6) is -0.770. The lowest BCUT2D eigenvalue weighted by atomic mass is 10.0. The zero-order valence-corrected chi connectivity index (χ0v) is 14.4. The largest absolute Gasteiger partial charge is 0.480 e. The van der Waals surface area contributed by atoms with Gasteiger partial charge in [-0.2, -0.15) is 0 Å². The van der Waals surface area contributed by atoms with Crippen LogP contribution in [0.3, 0.4) is 0 Å². The van der Waals surface area contributed by atoms with Crippen molar-refractivity contribution in [2.45, 2.75) is 18.5 Å². The Morgan fingerprint density at radius 3 is 2.39 bits per heavy atom. The molecular formula is C16H24N2O4S. The van der Waals surface area contributed by atoms with Crippen molar-refractivity contribution in [3.63, 3.8) is 0 Å². The van der Waals surface area contributed by atoms with E-state index >= 15 is 0 Å². The second-order valence-corrected chi connectivity index (χ2v) is 8.48. The molecule has 0 aliphatic carbocycles. The molecule has 23 heavy (non-hydrogen) atoms. The second-order valence-electron chi connectivity index (χ2n) is 6.25. The summed E-state index contributed by atoms with van der Waals surface area (Å²) in [6, 6.07) is 7.94. The fraction of sp³-hybridized carbons (Fsp3) is 0.562. The first-order valence-electron chi connectivity index (χ1n) is 7.69. The molecule has 2 rings (SSSR count). The molecule has 0 radical (unpaired) electrons. The highest BCUT2D eigenvalue weighted by Gasteiger charge is 2.38. The van der Waals surface area contributed by atoms with Crippen molar-refractivity contribution in [2.24, 2.45) is 0 Å². The van der Waals surface area contributed by atoms with E-state index in [-0.39, 0.29) is 17.5 Å². The summed E-state index contributed by atoms with van der Waals surface area (Å²) in [5.41, 5.74) is 0.683. The van der Waals surface area contributed by atoms with Crippen molar-refractivity contribution < 1.29 is 18.3 Å². The molecule has 1 aliphatic heterocycles. The van der Waals surface area contributed by atoms with Gasteiger partial charge in [-0.3, -0.25) is 9.69 Å². The third-order valence-electron chi connectivity index (χ3n) is 4.16. The van der Waals surface area contributed by atoms with Crippen LogP contribution in [-0.2, 0) is 14.6 Å². The number of carbonyl (C=O) groups is 1. The van der Waals surface area contributed by atoms with Gasteiger partial charge in [0, 0.05) is 19.1 Å². The fourth-order valence-electron chi connectivity index (χ4n) is 2.99. The van der Waals surface area contributed by atoms with Gasteiger partial charge in [-0.25, -0.2) is 8.42 Å². The molecule has 0 amide bonds. The van der Waals surface area contributed by atoms with Crippen LogP contribution < -0.4 is 0 Å². The number of benzene rings is 1. The van der Waals surface area contributed by atoms with Crippen LogP contribution in [0.25, 0.3) is 0 Å². The van der Waals surface area contributed by atoms with Gasteiger partial charge < -0.3 is 10.0 Å². The van der Waals surface area contributed by atoms with Crippen LogP contribution in [0.4, 0.5) is 0 Å². The van der Waals surface area contributed by atoms with Gasteiger partial charge in [-0.1, -0.05) is 30.3 Å². The summed E-state index contributed by atoms with van der Waals surface area (Å²) in [4.78, 5) is 15.7. The third kappa shape index (κ3) is 4.76. The molecule has 2 atom stereocenters. The quantitative estimate of drug-likeness (QED) is 0.793. The van der Waals surface area contributed by atoms with E-state index in [2.05, 4.69) is 0 Å². The van der Waals surface area contributed by atoms with Crippen LogP contribution in [0.15, 0.2) is 30.3 Å². The number of aliphatic carboxylic acids is 1. The Hall–Kier alpha value is -1.44. The summed E-state index contributed by atoms with van der Waals surface area (Å²) in [6.45, 7) is 1.19. The van der Waals surface area contributed by atoms with Gasteiger partial charge in [0.25, 0.3) is 0 Å². The van der Waals surface area contributed by atoms with Crippen molar-refractivity contribution >= 4 is 15.8 Å². The molecule has 1 aromatic rings. The molecule has 7 heteroatoms. The molecular weight excluding hydrogens is 316 g/mol. The van der Waals surface area contributed by atoms with Crippen molar-refractivity contribution in [2.75, 3.05) is 38.7 Å². The molecule has 0 bridgehead atoms. The van der Waals surface area contributed by atoms with Gasteiger partial charge in [-0.05, 0) is 26.1 Å². The molecule has 0 saturated carbocycles. The third-order valence-corrected chi connectivity index (χ3v) is 5.91. The number of carboxylic acids is 1. The number of hydrogen-bond acceptors (Lipinski definition) is 5. The van der Waals surface area contributed by atoms with E-state index in [4.69, 9.17) is 0 Å². The highest BCUT2D eigenvalue weighted by molar-refractivity contribution is 7.91. The minimum Gasteiger partial charge on any atom is -0.480 e. The number of hydrogen-bond donors (Lipinski definition) is 1. The van der Waals surface area contributed by atoms with Crippen LogP contribution >= 0.6 is 0 Å². The van der Waals surface area contributed by atoms with Gasteiger partial charge in [0.2, 0.25) is 0 Å². The number of carboxylic acid groups (broad SMARTS) is 1. The Morgan fingerprint density at radius 1 is 1.26 bits per heavy atom. The fourth-order valence-corrected chi connectivity index (χ4v) is 4.73. The highest BCUT2D eigenvalue weighted by atomic mass is 32.2. The predicted octanol–water partition coefficient (Wildman–Crippen LogP) is 0.863. The van der Waals surface area contributed by atoms with Crippen LogP contribution in [-0.4, -0.2) is 74.0 Å². The Labute approximate surface area is 137 Å². The zero-order chi connectivity index (χ0) is 17.0. The molecule has 1 fully saturated rings. The molecule has 6 nitrogen and oxygen atoms in total. The summed E-state index contributed by atoms with van der Waals surface area (Å²) in [6.07, 6.45) is 0.492. The first-order chi connectivity index (χ1) is 10.8. The Bertz CT molecular complexity index is 631. The van der Waals surface area contributed by atoms with Crippen molar-refractivity contribution in [1.29, 1.82) is 0 Å². The Balaban J connectivity index is 2.31. The molecule has 1 aromatic carbocycles. The Morgan fingerprint density at radius 2 is 1.91 bits per heavy atom. The van der Waals surface area contributed by atoms with E-state index in [0.717, 1.165) is 0 Å². The minimum atomic E-state index is -3.07. The maximum absolute atomic E-state index is 11.9. The number of rotatable bonds is 7. The topological polar surface area (TPSA) is 77.9 Å². The monoisotopic (exact) mass is 340 g/mol. The molecule has 1 N–H and O–H groups in total. The highest BCUT2D eigenvalue weighted by Crippen LogP contribution is 2.28. The number of sulfone groups is 1. The van der Waals surface area contributed by atoms with E-state index in [0.29, 0.717) is 25.1 Å². The summed E-state index contributed by atoms with van der Waals surface area (Å²) >= 11 is 0. The van der Waals surface area contributed by atoms with Crippen LogP contribution in [0.5, 0.6) is 0 Å². The van der Waals surface area contributed by atoms with Crippen molar-refractivity contribution in [3.8, 4) is 0 Å². The van der Waals surface area contributed by atoms with Gasteiger partial charge >= 0.3 is 5.97 Å². The number of nitrogens with zero attached hydrogens (tertiary/aromatic N) is 2. The molecule has 128 valence electrons. The average Bonchev–Trinajstić information content (AvgIpc) is 2.83.